The van der Waals surface area contributed by atoms with E-state index < -0.39 is 0 Å². The minimum absolute atomic E-state index is 0.294. The normalized spacial score (nSPS) is 10.7. The molecule has 0 radical (unpaired) electrons. The monoisotopic (exact) mass is 346 g/mol. The van der Waals surface area contributed by atoms with E-state index in [1.807, 2.05) is 31.2 Å². The highest BCUT2D eigenvalue weighted by atomic mass is 35.5. The first-order chi connectivity index (χ1) is 11.0. The first-order valence-electron chi connectivity index (χ1n) is 7.04. The molecular formula is C16H15ClN4OS. The molecule has 5 nitrogen and oxygen atoms in total. The molecule has 1 N–H and O–H groups in total. The van der Waals surface area contributed by atoms with E-state index >= 15 is 0 Å². The summed E-state index contributed by atoms with van der Waals surface area (Å²) in [6.45, 7) is 4.33. The van der Waals surface area contributed by atoms with E-state index in [4.69, 9.17) is 11.6 Å². The predicted octanol–water partition coefficient (Wildman–Crippen LogP) is 3.91. The highest BCUT2D eigenvalue weighted by Crippen LogP contribution is 2.23. The van der Waals surface area contributed by atoms with Gasteiger partial charge in [0.15, 0.2) is 5.13 Å². The lowest BCUT2D eigenvalue weighted by Crippen LogP contribution is -2.13. The number of aryl methyl sites for hydroxylation is 2. The smallest absolute Gasteiger partial charge is 0.262 e. The van der Waals surface area contributed by atoms with E-state index in [0.29, 0.717) is 28.1 Å². The Kier molecular flexibility index (Phi) is 4.45. The van der Waals surface area contributed by atoms with Crippen LogP contribution < -0.4 is 5.32 Å². The van der Waals surface area contributed by atoms with Gasteiger partial charge in [-0.25, -0.2) is 9.67 Å². The van der Waals surface area contributed by atoms with E-state index in [1.165, 1.54) is 16.9 Å². The lowest BCUT2D eigenvalue weighted by atomic mass is 10.1. The maximum Gasteiger partial charge on any atom is 0.262 e. The van der Waals surface area contributed by atoms with Crippen LogP contribution in [-0.2, 0) is 6.54 Å². The molecule has 7 heteroatoms. The molecular weight excluding hydrogens is 332 g/mol. The lowest BCUT2D eigenvalue weighted by molar-refractivity contribution is 0.102. The number of rotatable bonds is 4. The number of benzene rings is 1. The van der Waals surface area contributed by atoms with Crippen LogP contribution in [0, 0.1) is 13.8 Å². The van der Waals surface area contributed by atoms with E-state index in [0.717, 1.165) is 5.56 Å². The molecule has 118 valence electrons. The van der Waals surface area contributed by atoms with Crippen LogP contribution in [0.4, 0.5) is 5.13 Å². The Labute approximate surface area is 142 Å². The number of carbonyl (C=O) groups excluding carboxylic acids is 1. The topological polar surface area (TPSA) is 59.8 Å². The zero-order chi connectivity index (χ0) is 16.4. The van der Waals surface area contributed by atoms with Crippen molar-refractivity contribution in [1.82, 2.24) is 14.8 Å². The fourth-order valence-corrected chi connectivity index (χ4v) is 3.07. The van der Waals surface area contributed by atoms with Crippen molar-refractivity contribution in [1.29, 1.82) is 0 Å². The second kappa shape index (κ2) is 6.52. The highest BCUT2D eigenvalue weighted by molar-refractivity contribution is 7.13. The van der Waals surface area contributed by atoms with Crippen LogP contribution in [0.3, 0.4) is 0 Å². The van der Waals surface area contributed by atoms with Crippen molar-refractivity contribution >= 4 is 34.0 Å². The molecule has 1 amide bonds. The van der Waals surface area contributed by atoms with Crippen molar-refractivity contribution in [3.05, 3.63) is 63.4 Å². The van der Waals surface area contributed by atoms with Gasteiger partial charge in [-0.15, -0.1) is 11.3 Å². The Morgan fingerprint density at radius 1 is 1.30 bits per heavy atom. The molecule has 0 bridgehead atoms. The standard InChI is InChI=1S/C16H15ClN4OS/c1-10-3-5-12(6-4-10)9-21-14(17)13(11(2)20-21)15(22)19-16-18-7-8-23-16/h3-8H,9H2,1-2H3,(H,18,19,22). The van der Waals surface area contributed by atoms with Gasteiger partial charge in [-0.3, -0.25) is 10.1 Å². The number of thiazole rings is 1. The zero-order valence-corrected chi connectivity index (χ0v) is 14.3. The number of carbonyl (C=O) groups is 1. The van der Waals surface area contributed by atoms with Crippen molar-refractivity contribution in [2.24, 2.45) is 0 Å². The fraction of sp³-hybridized carbons (Fsp3) is 0.188. The number of hydrogen-bond donors (Lipinski definition) is 1. The highest BCUT2D eigenvalue weighted by Gasteiger charge is 2.21. The number of anilines is 1. The molecule has 23 heavy (non-hydrogen) atoms. The Hall–Kier alpha value is -2.18. The third-order valence-electron chi connectivity index (χ3n) is 3.40. The summed E-state index contributed by atoms with van der Waals surface area (Å²) in [5, 5.41) is 9.79. The van der Waals surface area contributed by atoms with E-state index in [1.54, 1.807) is 23.2 Å². The van der Waals surface area contributed by atoms with Crippen molar-refractivity contribution < 1.29 is 4.79 Å². The van der Waals surface area contributed by atoms with Gasteiger partial charge in [-0.1, -0.05) is 41.4 Å². The summed E-state index contributed by atoms with van der Waals surface area (Å²) in [4.78, 5) is 16.4. The van der Waals surface area contributed by atoms with Crippen LogP contribution in [-0.4, -0.2) is 20.7 Å². The second-order valence-electron chi connectivity index (χ2n) is 5.19. The van der Waals surface area contributed by atoms with Gasteiger partial charge in [0.25, 0.3) is 5.91 Å². The number of hydrogen-bond acceptors (Lipinski definition) is 4. The van der Waals surface area contributed by atoms with Crippen molar-refractivity contribution in [3.8, 4) is 0 Å². The molecule has 0 saturated carbocycles. The largest absolute Gasteiger partial charge is 0.298 e. The summed E-state index contributed by atoms with van der Waals surface area (Å²) < 4.78 is 1.64. The minimum atomic E-state index is -0.294. The minimum Gasteiger partial charge on any atom is -0.298 e. The quantitative estimate of drug-likeness (QED) is 0.779. The van der Waals surface area contributed by atoms with Gasteiger partial charge in [0.2, 0.25) is 0 Å². The van der Waals surface area contributed by atoms with Gasteiger partial charge in [-0.05, 0) is 19.4 Å². The summed E-state index contributed by atoms with van der Waals surface area (Å²) in [5.41, 5.74) is 3.25. The van der Waals surface area contributed by atoms with Crippen molar-refractivity contribution in [2.75, 3.05) is 5.32 Å². The summed E-state index contributed by atoms with van der Waals surface area (Å²) >= 11 is 7.72. The number of aromatic nitrogens is 3. The SMILES string of the molecule is Cc1ccc(Cn2nc(C)c(C(=O)Nc3nccs3)c2Cl)cc1. The van der Waals surface area contributed by atoms with Crippen LogP contribution in [0.1, 0.15) is 27.2 Å². The average Bonchev–Trinajstić information content (AvgIpc) is 3.10. The average molecular weight is 347 g/mol. The van der Waals surface area contributed by atoms with E-state index in [2.05, 4.69) is 15.4 Å². The molecule has 3 rings (SSSR count). The summed E-state index contributed by atoms with van der Waals surface area (Å²) in [7, 11) is 0. The van der Waals surface area contributed by atoms with Crippen LogP contribution in [0.2, 0.25) is 5.15 Å². The van der Waals surface area contributed by atoms with Gasteiger partial charge < -0.3 is 0 Å². The lowest BCUT2D eigenvalue weighted by Gasteiger charge is -2.05. The molecule has 0 fully saturated rings. The number of nitrogens with zero attached hydrogens (tertiary/aromatic N) is 3. The molecule has 0 unspecified atom stereocenters. The van der Waals surface area contributed by atoms with Crippen molar-refractivity contribution in [3.63, 3.8) is 0 Å². The molecule has 0 spiro atoms. The third kappa shape index (κ3) is 3.43. The first kappa shape index (κ1) is 15.7. The number of amides is 1. The Balaban J connectivity index is 1.84. The first-order valence-corrected chi connectivity index (χ1v) is 8.29. The molecule has 1 aromatic carbocycles. The van der Waals surface area contributed by atoms with E-state index in [9.17, 15) is 4.79 Å². The van der Waals surface area contributed by atoms with Gasteiger partial charge in [0.1, 0.15) is 5.15 Å². The molecule has 0 aliphatic rings. The summed E-state index contributed by atoms with van der Waals surface area (Å²) in [6, 6.07) is 8.13. The maximum absolute atomic E-state index is 12.4. The van der Waals surface area contributed by atoms with Crippen molar-refractivity contribution in [2.45, 2.75) is 20.4 Å². The second-order valence-corrected chi connectivity index (χ2v) is 6.44. The van der Waals surface area contributed by atoms with Gasteiger partial charge in [-0.2, -0.15) is 5.10 Å². The molecule has 2 aromatic heterocycles. The summed E-state index contributed by atoms with van der Waals surface area (Å²) in [5.74, 6) is -0.294. The van der Waals surface area contributed by atoms with Gasteiger partial charge >= 0.3 is 0 Å². The van der Waals surface area contributed by atoms with E-state index in [-0.39, 0.29) is 5.91 Å². The third-order valence-corrected chi connectivity index (χ3v) is 4.47. The Morgan fingerprint density at radius 3 is 2.70 bits per heavy atom. The Morgan fingerprint density at radius 2 is 2.04 bits per heavy atom. The Bertz CT molecular complexity index is 825. The van der Waals surface area contributed by atoms with Gasteiger partial charge in [0.05, 0.1) is 17.8 Å². The molecule has 0 saturated heterocycles. The number of halogens is 1. The molecule has 3 aromatic rings. The van der Waals surface area contributed by atoms with Crippen LogP contribution in [0.5, 0.6) is 0 Å². The number of nitrogens with one attached hydrogen (secondary N) is 1. The zero-order valence-electron chi connectivity index (χ0n) is 12.7. The molecule has 0 aliphatic heterocycles. The molecule has 0 aliphatic carbocycles. The molecule has 0 atom stereocenters. The fourth-order valence-electron chi connectivity index (χ4n) is 2.23. The van der Waals surface area contributed by atoms with Crippen LogP contribution in [0.15, 0.2) is 35.8 Å². The van der Waals surface area contributed by atoms with Crippen LogP contribution in [0.25, 0.3) is 0 Å². The molecule has 2 heterocycles. The predicted molar refractivity (Wildman–Crippen MR) is 92.3 cm³/mol. The maximum atomic E-state index is 12.4. The summed E-state index contributed by atoms with van der Waals surface area (Å²) in [6.07, 6.45) is 1.63. The van der Waals surface area contributed by atoms with Gasteiger partial charge in [0, 0.05) is 11.6 Å². The van der Waals surface area contributed by atoms with Crippen LogP contribution >= 0.6 is 22.9 Å².